The third-order valence-corrected chi connectivity index (χ3v) is 3.03. The molecule has 0 saturated carbocycles. The molecule has 1 N–H and O–H groups in total. The average molecular weight is 252 g/mol. The third kappa shape index (κ3) is 2.74. The molecule has 0 amide bonds. The molecule has 2 aromatic carbocycles. The summed E-state index contributed by atoms with van der Waals surface area (Å²) in [5.41, 5.74) is 4.03. The first-order valence-electron chi connectivity index (χ1n) is 6.19. The summed E-state index contributed by atoms with van der Waals surface area (Å²) in [6.45, 7) is 3.72. The minimum Gasteiger partial charge on any atom is -0.478 e. The first kappa shape index (κ1) is 13.1. The Labute approximate surface area is 113 Å². The van der Waals surface area contributed by atoms with Crippen LogP contribution >= 0.6 is 0 Å². The lowest BCUT2D eigenvalue weighted by atomic mass is 9.94. The molecule has 0 atom stereocenters. The zero-order chi connectivity index (χ0) is 13.8. The highest BCUT2D eigenvalue weighted by Crippen LogP contribution is 2.26. The average Bonchev–Trinajstić information content (AvgIpc) is 2.39. The quantitative estimate of drug-likeness (QED) is 0.879. The standard InChI is InChI=1S/C17H16O2/c1-3-7-14-11-15(13-8-5-4-6-9-13)10-12(2)16(14)17(18)19/h3-11H,1-2H3,(H,18,19). The van der Waals surface area contributed by atoms with E-state index in [0.717, 1.165) is 22.3 Å². The minimum atomic E-state index is -0.884. The van der Waals surface area contributed by atoms with Crippen LogP contribution in [0.4, 0.5) is 0 Å². The van der Waals surface area contributed by atoms with Gasteiger partial charge in [-0.1, -0.05) is 48.6 Å². The Bertz CT molecular complexity index is 625. The number of aryl methyl sites for hydroxylation is 1. The summed E-state index contributed by atoms with van der Waals surface area (Å²) >= 11 is 0. The Morgan fingerprint density at radius 2 is 1.79 bits per heavy atom. The summed E-state index contributed by atoms with van der Waals surface area (Å²) in [5.74, 6) is -0.884. The maximum absolute atomic E-state index is 11.3. The molecule has 0 unspecified atom stereocenters. The largest absolute Gasteiger partial charge is 0.478 e. The zero-order valence-electron chi connectivity index (χ0n) is 11.1. The maximum Gasteiger partial charge on any atom is 0.336 e. The Hall–Kier alpha value is -2.35. The fourth-order valence-corrected chi connectivity index (χ4v) is 2.21. The number of hydrogen-bond acceptors (Lipinski definition) is 1. The van der Waals surface area contributed by atoms with Gasteiger partial charge in [-0.15, -0.1) is 0 Å². The van der Waals surface area contributed by atoms with Crippen molar-refractivity contribution in [2.75, 3.05) is 0 Å². The fraction of sp³-hybridized carbons (Fsp3) is 0.118. The molecule has 0 spiro atoms. The van der Waals surface area contributed by atoms with Crippen molar-refractivity contribution in [1.29, 1.82) is 0 Å². The molecule has 2 nitrogen and oxygen atoms in total. The topological polar surface area (TPSA) is 37.3 Å². The normalized spacial score (nSPS) is 10.8. The van der Waals surface area contributed by atoms with Crippen molar-refractivity contribution in [3.8, 4) is 11.1 Å². The van der Waals surface area contributed by atoms with Crippen molar-refractivity contribution in [2.24, 2.45) is 0 Å². The molecule has 0 aromatic heterocycles. The van der Waals surface area contributed by atoms with Gasteiger partial charge in [0, 0.05) is 0 Å². The lowest BCUT2D eigenvalue weighted by molar-refractivity contribution is 0.0696. The smallest absolute Gasteiger partial charge is 0.336 e. The summed E-state index contributed by atoms with van der Waals surface area (Å²) in [4.78, 5) is 11.3. The summed E-state index contributed by atoms with van der Waals surface area (Å²) in [7, 11) is 0. The van der Waals surface area contributed by atoms with Crippen molar-refractivity contribution >= 4 is 12.0 Å². The van der Waals surface area contributed by atoms with Crippen molar-refractivity contribution in [1.82, 2.24) is 0 Å². The van der Waals surface area contributed by atoms with E-state index in [1.807, 2.05) is 68.5 Å². The van der Waals surface area contributed by atoms with Gasteiger partial charge in [-0.2, -0.15) is 0 Å². The highest BCUT2D eigenvalue weighted by atomic mass is 16.4. The highest BCUT2D eigenvalue weighted by molar-refractivity contribution is 5.95. The molecule has 0 aliphatic rings. The highest BCUT2D eigenvalue weighted by Gasteiger charge is 2.13. The van der Waals surface area contributed by atoms with E-state index < -0.39 is 5.97 Å². The van der Waals surface area contributed by atoms with E-state index in [4.69, 9.17) is 0 Å². The van der Waals surface area contributed by atoms with Gasteiger partial charge >= 0.3 is 5.97 Å². The Balaban J connectivity index is 2.64. The van der Waals surface area contributed by atoms with E-state index in [0.29, 0.717) is 5.56 Å². The minimum absolute atomic E-state index is 0.373. The van der Waals surface area contributed by atoms with E-state index in [9.17, 15) is 9.90 Å². The predicted molar refractivity (Wildman–Crippen MR) is 78.3 cm³/mol. The summed E-state index contributed by atoms with van der Waals surface area (Å²) < 4.78 is 0. The Morgan fingerprint density at radius 3 is 2.37 bits per heavy atom. The first-order chi connectivity index (χ1) is 9.13. The Morgan fingerprint density at radius 1 is 1.11 bits per heavy atom. The molecule has 0 fully saturated rings. The number of carboxylic acid groups (broad SMARTS) is 1. The van der Waals surface area contributed by atoms with Gasteiger partial charge in [0.1, 0.15) is 0 Å². The Kier molecular flexibility index (Phi) is 3.81. The molecule has 0 aliphatic heterocycles. The van der Waals surface area contributed by atoms with Crippen molar-refractivity contribution < 1.29 is 9.90 Å². The second-order valence-electron chi connectivity index (χ2n) is 4.43. The molecule has 2 rings (SSSR count). The summed E-state index contributed by atoms with van der Waals surface area (Å²) in [6, 6.07) is 13.8. The SMILES string of the molecule is CC=Cc1cc(-c2ccccc2)cc(C)c1C(=O)O. The van der Waals surface area contributed by atoms with Crippen LogP contribution in [0.3, 0.4) is 0 Å². The van der Waals surface area contributed by atoms with E-state index in [1.54, 1.807) is 0 Å². The molecule has 2 aromatic rings. The second-order valence-corrected chi connectivity index (χ2v) is 4.43. The maximum atomic E-state index is 11.3. The van der Waals surface area contributed by atoms with Gasteiger partial charge in [-0.25, -0.2) is 4.79 Å². The molecular formula is C17H16O2. The van der Waals surface area contributed by atoms with Crippen LogP contribution in [0.15, 0.2) is 48.5 Å². The number of carboxylic acids is 1. The molecule has 0 heterocycles. The number of carbonyl (C=O) groups is 1. The number of benzene rings is 2. The number of hydrogen-bond donors (Lipinski definition) is 1. The van der Waals surface area contributed by atoms with Crippen LogP contribution < -0.4 is 0 Å². The molecule has 0 saturated heterocycles. The van der Waals surface area contributed by atoms with Gasteiger partial charge in [0.2, 0.25) is 0 Å². The van der Waals surface area contributed by atoms with Gasteiger partial charge in [0.25, 0.3) is 0 Å². The van der Waals surface area contributed by atoms with Gasteiger partial charge in [0.05, 0.1) is 5.56 Å². The van der Waals surface area contributed by atoms with E-state index in [-0.39, 0.29) is 0 Å². The molecule has 2 heteroatoms. The monoisotopic (exact) mass is 252 g/mol. The van der Waals surface area contributed by atoms with Crippen LogP contribution in [0.25, 0.3) is 17.2 Å². The van der Waals surface area contributed by atoms with Crippen molar-refractivity contribution in [3.63, 3.8) is 0 Å². The van der Waals surface area contributed by atoms with Crippen LogP contribution in [-0.2, 0) is 0 Å². The fourth-order valence-electron chi connectivity index (χ4n) is 2.21. The summed E-state index contributed by atoms with van der Waals surface area (Å²) in [6.07, 6.45) is 3.69. The van der Waals surface area contributed by atoms with Gasteiger partial charge in [-0.3, -0.25) is 0 Å². The van der Waals surface area contributed by atoms with E-state index in [2.05, 4.69) is 0 Å². The molecular weight excluding hydrogens is 236 g/mol. The number of rotatable bonds is 3. The van der Waals surface area contributed by atoms with Crippen molar-refractivity contribution in [2.45, 2.75) is 13.8 Å². The van der Waals surface area contributed by atoms with Crippen LogP contribution in [-0.4, -0.2) is 11.1 Å². The third-order valence-electron chi connectivity index (χ3n) is 3.03. The predicted octanol–water partition coefficient (Wildman–Crippen LogP) is 4.39. The van der Waals surface area contributed by atoms with Gasteiger partial charge < -0.3 is 5.11 Å². The number of aromatic carboxylic acids is 1. The molecule has 0 aliphatic carbocycles. The van der Waals surface area contributed by atoms with E-state index in [1.165, 1.54) is 0 Å². The van der Waals surface area contributed by atoms with Crippen LogP contribution in [0.1, 0.15) is 28.4 Å². The molecule has 96 valence electrons. The first-order valence-corrected chi connectivity index (χ1v) is 6.19. The van der Waals surface area contributed by atoms with Crippen LogP contribution in [0, 0.1) is 6.92 Å². The summed E-state index contributed by atoms with van der Waals surface area (Å²) in [5, 5.41) is 9.30. The number of allylic oxidation sites excluding steroid dienone is 1. The lowest BCUT2D eigenvalue weighted by Gasteiger charge is -2.10. The molecule has 0 bridgehead atoms. The van der Waals surface area contributed by atoms with Gasteiger partial charge in [0.15, 0.2) is 0 Å². The van der Waals surface area contributed by atoms with Crippen molar-refractivity contribution in [3.05, 3.63) is 65.2 Å². The lowest BCUT2D eigenvalue weighted by Crippen LogP contribution is -2.03. The second kappa shape index (κ2) is 5.53. The molecule has 0 radical (unpaired) electrons. The zero-order valence-corrected chi connectivity index (χ0v) is 11.1. The van der Waals surface area contributed by atoms with E-state index >= 15 is 0 Å². The van der Waals surface area contributed by atoms with Crippen LogP contribution in [0.5, 0.6) is 0 Å². The van der Waals surface area contributed by atoms with Crippen LogP contribution in [0.2, 0.25) is 0 Å². The molecule has 19 heavy (non-hydrogen) atoms. The van der Waals surface area contributed by atoms with Gasteiger partial charge in [-0.05, 0) is 42.2 Å².